The van der Waals surface area contributed by atoms with E-state index in [1.165, 1.54) is 32.6 Å². The molecule has 1 saturated carbocycles. The van der Waals surface area contributed by atoms with E-state index in [9.17, 15) is 4.39 Å². The highest BCUT2D eigenvalue weighted by Gasteiger charge is 2.20. The van der Waals surface area contributed by atoms with Crippen LogP contribution in [0.5, 0.6) is 0 Å². The molecule has 0 aromatic heterocycles. The summed E-state index contributed by atoms with van der Waals surface area (Å²) in [5.41, 5.74) is 2.13. The summed E-state index contributed by atoms with van der Waals surface area (Å²) in [7, 11) is 0. The molecule has 0 spiro atoms. The molecule has 0 saturated heterocycles. The van der Waals surface area contributed by atoms with Crippen molar-refractivity contribution in [1.29, 1.82) is 0 Å². The Hall–Kier alpha value is -0.850. The number of hydrogen-bond donors (Lipinski definition) is 0. The van der Waals surface area contributed by atoms with E-state index in [2.05, 4.69) is 13.5 Å². The van der Waals surface area contributed by atoms with Gasteiger partial charge in [-0.05, 0) is 50.2 Å². The van der Waals surface area contributed by atoms with E-state index in [0.717, 1.165) is 17.1 Å². The van der Waals surface area contributed by atoms with Crippen LogP contribution in [0.2, 0.25) is 0 Å². The van der Waals surface area contributed by atoms with E-state index in [-0.39, 0.29) is 5.83 Å². The lowest BCUT2D eigenvalue weighted by Gasteiger charge is -2.27. The highest BCUT2D eigenvalue weighted by molar-refractivity contribution is 5.30. The van der Waals surface area contributed by atoms with Gasteiger partial charge in [0.05, 0.1) is 5.83 Å². The fourth-order valence-electron chi connectivity index (χ4n) is 2.38. The van der Waals surface area contributed by atoms with Gasteiger partial charge in [-0.2, -0.15) is 0 Å². The summed E-state index contributed by atoms with van der Waals surface area (Å²) >= 11 is 0. The molecule has 1 heteroatoms. The van der Waals surface area contributed by atoms with Crippen LogP contribution in [0.4, 0.5) is 4.39 Å². The van der Waals surface area contributed by atoms with E-state index < -0.39 is 0 Å². The monoisotopic (exact) mass is 222 g/mol. The smallest absolute Gasteiger partial charge is 0.0971 e. The first-order chi connectivity index (χ1) is 7.49. The highest BCUT2D eigenvalue weighted by Crippen LogP contribution is 2.34. The fourth-order valence-corrected chi connectivity index (χ4v) is 2.38. The Balaban J connectivity index is 2.77. The summed E-state index contributed by atoms with van der Waals surface area (Å²) in [5.74, 6) is 1.25. The van der Waals surface area contributed by atoms with Crippen molar-refractivity contribution in [2.75, 3.05) is 0 Å². The van der Waals surface area contributed by atoms with E-state index in [1.807, 2.05) is 13.0 Å². The maximum absolute atomic E-state index is 13.0. The molecule has 0 radical (unpaired) electrons. The largest absolute Gasteiger partial charge is 0.212 e. The minimum atomic E-state index is -0.105. The predicted octanol–water partition coefficient (Wildman–Crippen LogP) is 5.19. The van der Waals surface area contributed by atoms with Crippen LogP contribution >= 0.6 is 0 Å². The van der Waals surface area contributed by atoms with Crippen LogP contribution in [0.3, 0.4) is 0 Å². The number of rotatable bonds is 3. The summed E-state index contributed by atoms with van der Waals surface area (Å²) in [6, 6.07) is 0. The molecule has 0 heterocycles. The second kappa shape index (κ2) is 6.03. The van der Waals surface area contributed by atoms with Gasteiger partial charge in [-0.3, -0.25) is 0 Å². The number of hydrogen-bond acceptors (Lipinski definition) is 0. The fraction of sp³-hybridized carbons (Fsp3) is 0.600. The van der Waals surface area contributed by atoms with E-state index >= 15 is 0 Å². The number of allylic oxidation sites excluding steroid dienone is 5. The molecule has 16 heavy (non-hydrogen) atoms. The van der Waals surface area contributed by atoms with E-state index in [0.29, 0.717) is 5.92 Å². The molecule has 1 aliphatic rings. The number of halogens is 1. The topological polar surface area (TPSA) is 0 Å². The van der Waals surface area contributed by atoms with Crippen molar-refractivity contribution >= 4 is 0 Å². The SMILES string of the molecule is C=C(C)/C=C(\C=C(/C)F)[C@H]1CC[C@@H](C)CC1. The van der Waals surface area contributed by atoms with Crippen LogP contribution in [0.15, 0.2) is 35.7 Å². The standard InChI is InChI=1S/C15H23F/c1-11(2)9-15(10-13(4)16)14-7-5-12(3)6-8-14/h9-10,12,14H,1,5-8H2,2-4H3/b13-10+,15-9+/t12-,14+. The van der Waals surface area contributed by atoms with Gasteiger partial charge >= 0.3 is 0 Å². The van der Waals surface area contributed by atoms with Gasteiger partial charge in [0.2, 0.25) is 0 Å². The van der Waals surface area contributed by atoms with Gasteiger partial charge in [0.25, 0.3) is 0 Å². The maximum Gasteiger partial charge on any atom is 0.0971 e. The van der Waals surface area contributed by atoms with Gasteiger partial charge in [0, 0.05) is 0 Å². The van der Waals surface area contributed by atoms with Gasteiger partial charge in [-0.1, -0.05) is 38.0 Å². The molecule has 0 unspecified atom stereocenters. The Morgan fingerprint density at radius 3 is 2.12 bits per heavy atom. The first-order valence-electron chi connectivity index (χ1n) is 6.20. The molecule has 0 aliphatic heterocycles. The first kappa shape index (κ1) is 13.2. The van der Waals surface area contributed by atoms with E-state index in [4.69, 9.17) is 0 Å². The zero-order valence-electron chi connectivity index (χ0n) is 10.7. The molecular formula is C15H23F. The van der Waals surface area contributed by atoms with Crippen LogP contribution in [-0.2, 0) is 0 Å². The summed E-state index contributed by atoms with van der Waals surface area (Å²) in [6.45, 7) is 9.66. The van der Waals surface area contributed by atoms with Crippen molar-refractivity contribution < 1.29 is 4.39 Å². The average Bonchev–Trinajstić information content (AvgIpc) is 2.16. The van der Waals surface area contributed by atoms with Gasteiger partial charge in [0.1, 0.15) is 0 Å². The highest BCUT2D eigenvalue weighted by atomic mass is 19.1. The average molecular weight is 222 g/mol. The first-order valence-corrected chi connectivity index (χ1v) is 6.20. The Morgan fingerprint density at radius 1 is 1.12 bits per heavy atom. The quantitative estimate of drug-likeness (QED) is 0.576. The lowest BCUT2D eigenvalue weighted by molar-refractivity contribution is 0.323. The second-order valence-corrected chi connectivity index (χ2v) is 5.18. The Labute approximate surface area is 98.9 Å². The molecule has 0 amide bonds. The van der Waals surface area contributed by atoms with Gasteiger partial charge in [0.15, 0.2) is 0 Å². The summed E-state index contributed by atoms with van der Waals surface area (Å²) in [5, 5.41) is 0. The third-order valence-electron chi connectivity index (χ3n) is 3.27. The third-order valence-corrected chi connectivity index (χ3v) is 3.27. The Bertz CT molecular complexity index is 297. The van der Waals surface area contributed by atoms with Crippen LogP contribution in [-0.4, -0.2) is 0 Å². The summed E-state index contributed by atoms with van der Waals surface area (Å²) < 4.78 is 13.0. The minimum Gasteiger partial charge on any atom is -0.212 e. The molecule has 0 aromatic rings. The van der Waals surface area contributed by atoms with Crippen LogP contribution in [0.25, 0.3) is 0 Å². The maximum atomic E-state index is 13.0. The summed E-state index contributed by atoms with van der Waals surface area (Å²) in [4.78, 5) is 0. The molecule has 0 nitrogen and oxygen atoms in total. The van der Waals surface area contributed by atoms with Gasteiger partial charge in [-0.15, -0.1) is 0 Å². The molecule has 1 rings (SSSR count). The van der Waals surface area contributed by atoms with Crippen molar-refractivity contribution in [3.8, 4) is 0 Å². The Kier molecular flexibility index (Phi) is 4.98. The molecule has 1 fully saturated rings. The Morgan fingerprint density at radius 2 is 1.69 bits per heavy atom. The van der Waals surface area contributed by atoms with Crippen molar-refractivity contribution in [2.45, 2.75) is 46.5 Å². The van der Waals surface area contributed by atoms with Crippen molar-refractivity contribution in [3.63, 3.8) is 0 Å². The van der Waals surface area contributed by atoms with Gasteiger partial charge < -0.3 is 0 Å². The van der Waals surface area contributed by atoms with Gasteiger partial charge in [-0.25, -0.2) is 4.39 Å². The van der Waals surface area contributed by atoms with Crippen molar-refractivity contribution in [1.82, 2.24) is 0 Å². The molecule has 0 aromatic carbocycles. The molecule has 0 atom stereocenters. The van der Waals surface area contributed by atoms with Crippen molar-refractivity contribution in [3.05, 3.63) is 35.7 Å². The molecule has 0 bridgehead atoms. The lowest BCUT2D eigenvalue weighted by Crippen LogP contribution is -2.13. The van der Waals surface area contributed by atoms with E-state index in [1.54, 1.807) is 6.08 Å². The molecular weight excluding hydrogens is 199 g/mol. The van der Waals surface area contributed by atoms with Crippen molar-refractivity contribution in [2.24, 2.45) is 11.8 Å². The second-order valence-electron chi connectivity index (χ2n) is 5.18. The normalized spacial score (nSPS) is 28.0. The van der Waals surface area contributed by atoms with Crippen LogP contribution < -0.4 is 0 Å². The van der Waals surface area contributed by atoms with Crippen LogP contribution in [0.1, 0.15) is 46.5 Å². The zero-order valence-corrected chi connectivity index (χ0v) is 10.7. The zero-order chi connectivity index (χ0) is 12.1. The molecule has 0 N–H and O–H groups in total. The minimum absolute atomic E-state index is 0.105. The van der Waals surface area contributed by atoms with Crippen LogP contribution in [0, 0.1) is 11.8 Å². The third kappa shape index (κ3) is 4.34. The predicted molar refractivity (Wildman–Crippen MR) is 68.9 cm³/mol. The molecule has 90 valence electrons. The lowest BCUT2D eigenvalue weighted by atomic mass is 9.78. The molecule has 1 aliphatic carbocycles. The summed E-state index contributed by atoms with van der Waals surface area (Å²) in [6.07, 6.45) is 8.60.